The zero-order chi connectivity index (χ0) is 20.0. The monoisotopic (exact) mass is 397 g/mol. The van der Waals surface area contributed by atoms with E-state index in [0.29, 0.717) is 24.4 Å². The van der Waals surface area contributed by atoms with E-state index >= 15 is 0 Å². The van der Waals surface area contributed by atoms with Crippen molar-refractivity contribution in [2.45, 2.75) is 44.6 Å². The third-order valence-electron chi connectivity index (χ3n) is 6.28. The molecule has 5 rings (SSSR count). The van der Waals surface area contributed by atoms with Gasteiger partial charge in [-0.05, 0) is 43.0 Å². The van der Waals surface area contributed by atoms with E-state index < -0.39 is 6.04 Å². The fourth-order valence-corrected chi connectivity index (χ4v) is 4.66. The average molecular weight is 397 g/mol. The summed E-state index contributed by atoms with van der Waals surface area (Å²) in [4.78, 5) is 40.3. The summed E-state index contributed by atoms with van der Waals surface area (Å²) in [6.07, 6.45) is 5.63. The lowest BCUT2D eigenvalue weighted by Crippen LogP contribution is -2.52. The topological polar surface area (TPSA) is 88.2 Å². The molecule has 2 fully saturated rings. The number of rotatable bonds is 3. The number of hydrogen-bond donors (Lipinski definition) is 1. The van der Waals surface area contributed by atoms with Crippen molar-refractivity contribution in [1.82, 2.24) is 10.2 Å². The summed E-state index contributed by atoms with van der Waals surface area (Å²) in [5, 5.41) is 2.34. The van der Waals surface area contributed by atoms with Crippen molar-refractivity contribution in [3.63, 3.8) is 0 Å². The predicted octanol–water partition coefficient (Wildman–Crippen LogP) is 1.51. The molecule has 0 spiro atoms. The van der Waals surface area contributed by atoms with Gasteiger partial charge in [0.2, 0.25) is 18.1 Å². The Morgan fingerprint density at radius 3 is 2.48 bits per heavy atom. The zero-order valence-electron chi connectivity index (χ0n) is 16.0. The normalized spacial score (nSPS) is 25.1. The van der Waals surface area contributed by atoms with Gasteiger partial charge in [-0.1, -0.05) is 0 Å². The van der Waals surface area contributed by atoms with E-state index in [1.165, 1.54) is 0 Å². The molecule has 0 saturated carbocycles. The number of anilines is 1. The molecular weight excluding hydrogens is 374 g/mol. The van der Waals surface area contributed by atoms with E-state index in [1.807, 2.05) is 12.1 Å². The number of nitrogens with zero attached hydrogens (tertiary/aromatic N) is 2. The molecule has 3 amide bonds. The van der Waals surface area contributed by atoms with Crippen LogP contribution < -0.4 is 10.2 Å². The molecule has 152 valence electrons. The highest BCUT2D eigenvalue weighted by atomic mass is 16.7. The SMILES string of the molecule is O=C1CCC(N2Cc3cc(N4CCC(C5OC=CO5)CC4)ccc3C2=O)C(=O)N1. The van der Waals surface area contributed by atoms with Crippen molar-refractivity contribution in [1.29, 1.82) is 0 Å². The van der Waals surface area contributed by atoms with Crippen LogP contribution in [0, 0.1) is 5.92 Å². The minimum absolute atomic E-state index is 0.136. The number of piperidine rings is 2. The van der Waals surface area contributed by atoms with E-state index in [2.05, 4.69) is 16.3 Å². The van der Waals surface area contributed by atoms with Crippen molar-refractivity contribution < 1.29 is 23.9 Å². The first-order valence-corrected chi connectivity index (χ1v) is 10.1. The zero-order valence-corrected chi connectivity index (χ0v) is 16.0. The molecule has 0 bridgehead atoms. The van der Waals surface area contributed by atoms with Gasteiger partial charge in [-0.15, -0.1) is 0 Å². The van der Waals surface area contributed by atoms with Crippen molar-refractivity contribution in [2.24, 2.45) is 5.92 Å². The van der Waals surface area contributed by atoms with Crippen molar-refractivity contribution in [3.8, 4) is 0 Å². The van der Waals surface area contributed by atoms with Crippen LogP contribution >= 0.6 is 0 Å². The van der Waals surface area contributed by atoms with Crippen LogP contribution in [-0.4, -0.2) is 48.0 Å². The molecule has 8 heteroatoms. The van der Waals surface area contributed by atoms with Gasteiger partial charge in [0.05, 0.1) is 0 Å². The van der Waals surface area contributed by atoms with Crippen molar-refractivity contribution >= 4 is 23.4 Å². The Morgan fingerprint density at radius 1 is 1.00 bits per heavy atom. The maximum atomic E-state index is 12.8. The molecule has 1 aromatic carbocycles. The number of imide groups is 1. The van der Waals surface area contributed by atoms with Crippen LogP contribution in [0.5, 0.6) is 0 Å². The van der Waals surface area contributed by atoms with Gasteiger partial charge < -0.3 is 19.3 Å². The second-order valence-corrected chi connectivity index (χ2v) is 7.98. The number of carbonyl (C=O) groups excluding carboxylic acids is 3. The van der Waals surface area contributed by atoms with Crippen LogP contribution in [0.25, 0.3) is 0 Å². The molecule has 29 heavy (non-hydrogen) atoms. The molecule has 4 heterocycles. The molecule has 1 N–H and O–H groups in total. The van der Waals surface area contributed by atoms with Crippen LogP contribution in [-0.2, 0) is 25.6 Å². The highest BCUT2D eigenvalue weighted by Crippen LogP contribution is 2.33. The smallest absolute Gasteiger partial charge is 0.255 e. The average Bonchev–Trinajstić information content (AvgIpc) is 3.37. The summed E-state index contributed by atoms with van der Waals surface area (Å²) in [6.45, 7) is 2.20. The molecule has 1 unspecified atom stereocenters. The third-order valence-corrected chi connectivity index (χ3v) is 6.28. The molecule has 4 aliphatic rings. The first-order valence-electron chi connectivity index (χ1n) is 10.1. The molecule has 1 atom stereocenters. The van der Waals surface area contributed by atoms with Crippen LogP contribution in [0.2, 0.25) is 0 Å². The molecular formula is C21H23N3O5. The summed E-state index contributed by atoms with van der Waals surface area (Å²) in [5.41, 5.74) is 2.67. The van der Waals surface area contributed by atoms with E-state index in [4.69, 9.17) is 9.47 Å². The van der Waals surface area contributed by atoms with Crippen LogP contribution in [0.1, 0.15) is 41.6 Å². The van der Waals surface area contributed by atoms with Gasteiger partial charge >= 0.3 is 0 Å². The number of ether oxygens (including phenoxy) is 2. The highest BCUT2D eigenvalue weighted by Gasteiger charge is 2.39. The Bertz CT molecular complexity index is 882. The lowest BCUT2D eigenvalue weighted by molar-refractivity contribution is -0.136. The Labute approximate surface area is 168 Å². The summed E-state index contributed by atoms with van der Waals surface area (Å²) >= 11 is 0. The number of benzene rings is 1. The Balaban J connectivity index is 1.27. The minimum Gasteiger partial charge on any atom is -0.459 e. The molecule has 4 aliphatic heterocycles. The standard InChI is InChI=1S/C21H23N3O5/c25-18-4-3-17(19(26)22-18)24-12-14-11-15(1-2-16(14)20(24)27)23-7-5-13(6-8-23)21-28-9-10-29-21/h1-2,9-11,13,17,21H,3-8,12H2,(H,22,25,26). The largest absolute Gasteiger partial charge is 0.459 e. The van der Waals surface area contributed by atoms with Gasteiger partial charge in [0.25, 0.3) is 5.91 Å². The highest BCUT2D eigenvalue weighted by molar-refractivity contribution is 6.05. The summed E-state index contributed by atoms with van der Waals surface area (Å²) in [6, 6.07) is 5.32. The maximum Gasteiger partial charge on any atom is 0.255 e. The van der Waals surface area contributed by atoms with Gasteiger partial charge in [0.15, 0.2) is 0 Å². The number of carbonyl (C=O) groups is 3. The van der Waals surface area contributed by atoms with Crippen LogP contribution in [0.3, 0.4) is 0 Å². The minimum atomic E-state index is -0.577. The lowest BCUT2D eigenvalue weighted by Gasteiger charge is -2.35. The first kappa shape index (κ1) is 18.0. The molecule has 8 nitrogen and oxygen atoms in total. The fraction of sp³-hybridized carbons (Fsp3) is 0.476. The van der Waals surface area contributed by atoms with Gasteiger partial charge in [-0.2, -0.15) is 0 Å². The second-order valence-electron chi connectivity index (χ2n) is 7.98. The summed E-state index contributed by atoms with van der Waals surface area (Å²) in [5.74, 6) is -0.413. The first-order chi connectivity index (χ1) is 14.1. The van der Waals surface area contributed by atoms with E-state index in [-0.39, 0.29) is 30.4 Å². The number of nitrogens with one attached hydrogen (secondary N) is 1. The number of hydrogen-bond acceptors (Lipinski definition) is 6. The van der Waals surface area contributed by atoms with Crippen LogP contribution in [0.4, 0.5) is 5.69 Å². The number of fused-ring (bicyclic) bond motifs is 1. The van der Waals surface area contributed by atoms with E-state index in [9.17, 15) is 14.4 Å². The van der Waals surface area contributed by atoms with Crippen molar-refractivity contribution in [2.75, 3.05) is 18.0 Å². The Kier molecular flexibility index (Phi) is 4.41. The lowest BCUT2D eigenvalue weighted by atomic mass is 9.95. The fourth-order valence-electron chi connectivity index (χ4n) is 4.66. The summed E-state index contributed by atoms with van der Waals surface area (Å²) < 4.78 is 10.9. The Morgan fingerprint density at radius 2 is 1.76 bits per heavy atom. The van der Waals surface area contributed by atoms with Gasteiger partial charge in [0, 0.05) is 43.2 Å². The van der Waals surface area contributed by atoms with Gasteiger partial charge in [0.1, 0.15) is 18.6 Å². The molecule has 0 aromatic heterocycles. The molecule has 1 aromatic rings. The third kappa shape index (κ3) is 3.22. The van der Waals surface area contributed by atoms with Gasteiger partial charge in [-0.25, -0.2) is 0 Å². The quantitative estimate of drug-likeness (QED) is 0.778. The van der Waals surface area contributed by atoms with E-state index in [0.717, 1.165) is 37.2 Å². The Hall–Kier alpha value is -3.03. The maximum absolute atomic E-state index is 12.8. The predicted molar refractivity (Wildman–Crippen MR) is 103 cm³/mol. The summed E-state index contributed by atoms with van der Waals surface area (Å²) in [7, 11) is 0. The van der Waals surface area contributed by atoms with Crippen LogP contribution in [0.15, 0.2) is 30.7 Å². The van der Waals surface area contributed by atoms with Crippen molar-refractivity contribution in [3.05, 3.63) is 41.9 Å². The molecule has 0 radical (unpaired) electrons. The number of amides is 3. The van der Waals surface area contributed by atoms with E-state index in [1.54, 1.807) is 17.4 Å². The second kappa shape index (κ2) is 7.09. The van der Waals surface area contributed by atoms with Gasteiger partial charge in [-0.3, -0.25) is 19.7 Å². The molecule has 2 saturated heterocycles. The molecule has 0 aliphatic carbocycles.